The fourth-order valence-electron chi connectivity index (χ4n) is 2.85. The van der Waals surface area contributed by atoms with Crippen LogP contribution in [-0.4, -0.2) is 46.3 Å². The average Bonchev–Trinajstić information content (AvgIpc) is 2.75. The Morgan fingerprint density at radius 2 is 2.05 bits per heavy atom. The van der Waals surface area contributed by atoms with Gasteiger partial charge < -0.3 is 14.7 Å². The Morgan fingerprint density at radius 3 is 2.67 bits per heavy atom. The molecule has 0 aliphatic carbocycles. The number of morpholine rings is 1. The number of aryl methyl sites for hydroxylation is 1. The lowest BCUT2D eigenvalue weighted by Gasteiger charge is -2.36. The van der Waals surface area contributed by atoms with Crippen LogP contribution in [0, 0.1) is 6.92 Å². The van der Waals surface area contributed by atoms with Gasteiger partial charge in [0, 0.05) is 13.1 Å². The Bertz CT molecular complexity index is 690. The molecule has 1 fully saturated rings. The van der Waals surface area contributed by atoms with E-state index < -0.39 is 5.97 Å². The van der Waals surface area contributed by atoms with E-state index in [9.17, 15) is 9.90 Å². The molecular weight excluding hydrogens is 290 g/mol. The standard InChI is InChI=1S/C14H17N3O3S/c1-7-4-17(5-8(2)20-7)12-10-9(3)11(14(18)19)21-13(10)16-6-15-12/h6-8H,4-5H2,1-3H3,(H,18,19). The normalized spacial score (nSPS) is 22.7. The first-order chi connectivity index (χ1) is 9.97. The number of aromatic nitrogens is 2. The van der Waals surface area contributed by atoms with Gasteiger partial charge in [-0.15, -0.1) is 11.3 Å². The molecule has 6 nitrogen and oxygen atoms in total. The maximum Gasteiger partial charge on any atom is 0.346 e. The molecule has 1 saturated heterocycles. The maximum absolute atomic E-state index is 11.3. The number of nitrogens with zero attached hydrogens (tertiary/aromatic N) is 3. The van der Waals surface area contributed by atoms with Gasteiger partial charge in [0.1, 0.15) is 21.9 Å². The van der Waals surface area contributed by atoms with E-state index in [4.69, 9.17) is 4.74 Å². The summed E-state index contributed by atoms with van der Waals surface area (Å²) in [5.41, 5.74) is 0.741. The number of carbonyl (C=O) groups is 1. The molecule has 3 rings (SSSR count). The van der Waals surface area contributed by atoms with Gasteiger partial charge in [-0.1, -0.05) is 0 Å². The van der Waals surface area contributed by atoms with E-state index in [-0.39, 0.29) is 12.2 Å². The number of carboxylic acid groups (broad SMARTS) is 1. The lowest BCUT2D eigenvalue weighted by atomic mass is 10.1. The quantitative estimate of drug-likeness (QED) is 0.917. The van der Waals surface area contributed by atoms with Gasteiger partial charge in [-0.05, 0) is 26.3 Å². The molecule has 3 heterocycles. The molecule has 0 amide bonds. The summed E-state index contributed by atoms with van der Waals surface area (Å²) in [5, 5.41) is 10.1. The zero-order valence-corrected chi connectivity index (χ0v) is 13.0. The largest absolute Gasteiger partial charge is 0.477 e. The SMILES string of the molecule is Cc1c(C(=O)O)sc2ncnc(N3CC(C)OC(C)C3)c12. The van der Waals surface area contributed by atoms with Crippen molar-refractivity contribution in [3.05, 3.63) is 16.8 Å². The van der Waals surface area contributed by atoms with Crippen molar-refractivity contribution in [2.45, 2.75) is 33.0 Å². The molecule has 2 aromatic rings. The molecule has 0 spiro atoms. The van der Waals surface area contributed by atoms with Crippen LogP contribution in [0.25, 0.3) is 10.2 Å². The van der Waals surface area contributed by atoms with Crippen molar-refractivity contribution in [1.29, 1.82) is 0 Å². The third-order valence-electron chi connectivity index (χ3n) is 3.62. The van der Waals surface area contributed by atoms with Crippen LogP contribution >= 0.6 is 11.3 Å². The second-order valence-corrected chi connectivity index (χ2v) is 6.40. The minimum atomic E-state index is -0.912. The van der Waals surface area contributed by atoms with Gasteiger partial charge in [0.2, 0.25) is 0 Å². The fourth-order valence-corrected chi connectivity index (χ4v) is 3.83. The second kappa shape index (κ2) is 5.23. The molecule has 2 aromatic heterocycles. The van der Waals surface area contributed by atoms with E-state index >= 15 is 0 Å². The van der Waals surface area contributed by atoms with Crippen LogP contribution in [0.3, 0.4) is 0 Å². The number of fused-ring (bicyclic) bond motifs is 1. The van der Waals surface area contributed by atoms with Crippen LogP contribution in [0.1, 0.15) is 29.1 Å². The minimum Gasteiger partial charge on any atom is -0.477 e. The summed E-state index contributed by atoms with van der Waals surface area (Å²) in [4.78, 5) is 23.2. The Labute approximate surface area is 126 Å². The predicted molar refractivity (Wildman–Crippen MR) is 81.3 cm³/mol. The highest BCUT2D eigenvalue weighted by molar-refractivity contribution is 7.20. The lowest BCUT2D eigenvalue weighted by Crippen LogP contribution is -2.46. The van der Waals surface area contributed by atoms with Gasteiger partial charge in [0.15, 0.2) is 0 Å². The topological polar surface area (TPSA) is 75.5 Å². The molecule has 1 aliphatic heterocycles. The van der Waals surface area contributed by atoms with Crippen LogP contribution < -0.4 is 4.90 Å². The van der Waals surface area contributed by atoms with Gasteiger partial charge >= 0.3 is 5.97 Å². The van der Waals surface area contributed by atoms with Crippen molar-refractivity contribution in [2.75, 3.05) is 18.0 Å². The first-order valence-corrected chi connectivity index (χ1v) is 7.66. The number of rotatable bonds is 2. The predicted octanol–water partition coefficient (Wildman–Crippen LogP) is 2.31. The number of anilines is 1. The Balaban J connectivity index is 2.12. The number of carboxylic acids is 1. The van der Waals surface area contributed by atoms with Gasteiger partial charge in [-0.3, -0.25) is 0 Å². The maximum atomic E-state index is 11.3. The van der Waals surface area contributed by atoms with Crippen LogP contribution in [-0.2, 0) is 4.74 Å². The van der Waals surface area contributed by atoms with E-state index in [2.05, 4.69) is 14.9 Å². The van der Waals surface area contributed by atoms with Crippen LogP contribution in [0.2, 0.25) is 0 Å². The van der Waals surface area contributed by atoms with Crippen molar-refractivity contribution < 1.29 is 14.6 Å². The molecule has 2 atom stereocenters. The van der Waals surface area contributed by atoms with E-state index in [1.807, 2.05) is 20.8 Å². The molecule has 0 radical (unpaired) electrons. The summed E-state index contributed by atoms with van der Waals surface area (Å²) >= 11 is 1.20. The summed E-state index contributed by atoms with van der Waals surface area (Å²) in [5.74, 6) is -0.103. The average molecular weight is 307 g/mol. The lowest BCUT2D eigenvalue weighted by molar-refractivity contribution is -0.00537. The van der Waals surface area contributed by atoms with Crippen molar-refractivity contribution >= 4 is 33.3 Å². The summed E-state index contributed by atoms with van der Waals surface area (Å²) in [6.45, 7) is 7.37. The molecule has 112 valence electrons. The molecule has 0 aromatic carbocycles. The first kappa shape index (κ1) is 14.2. The summed E-state index contributed by atoms with van der Waals surface area (Å²) < 4.78 is 5.75. The fraction of sp³-hybridized carbons (Fsp3) is 0.500. The van der Waals surface area contributed by atoms with Gasteiger partial charge in [0.05, 0.1) is 17.6 Å². The van der Waals surface area contributed by atoms with Gasteiger partial charge in [0.25, 0.3) is 0 Å². The van der Waals surface area contributed by atoms with E-state index in [1.54, 1.807) is 0 Å². The minimum absolute atomic E-state index is 0.122. The molecule has 0 bridgehead atoms. The monoisotopic (exact) mass is 307 g/mol. The Hall–Kier alpha value is -1.73. The van der Waals surface area contributed by atoms with Crippen molar-refractivity contribution in [3.63, 3.8) is 0 Å². The van der Waals surface area contributed by atoms with Crippen molar-refractivity contribution in [1.82, 2.24) is 9.97 Å². The van der Waals surface area contributed by atoms with E-state index in [1.165, 1.54) is 17.7 Å². The zero-order chi connectivity index (χ0) is 15.1. The van der Waals surface area contributed by atoms with Crippen LogP contribution in [0.15, 0.2) is 6.33 Å². The highest BCUT2D eigenvalue weighted by Gasteiger charge is 2.27. The highest BCUT2D eigenvalue weighted by Crippen LogP contribution is 2.35. The third kappa shape index (κ3) is 2.47. The molecule has 0 saturated carbocycles. The smallest absolute Gasteiger partial charge is 0.346 e. The second-order valence-electron chi connectivity index (χ2n) is 5.40. The van der Waals surface area contributed by atoms with Crippen LogP contribution in [0.4, 0.5) is 5.82 Å². The third-order valence-corrected chi connectivity index (χ3v) is 4.81. The Kier molecular flexibility index (Phi) is 3.54. The molecule has 7 heteroatoms. The number of aromatic carboxylic acids is 1. The molecule has 21 heavy (non-hydrogen) atoms. The number of hydrogen-bond acceptors (Lipinski definition) is 6. The summed E-state index contributed by atoms with van der Waals surface area (Å²) in [6, 6.07) is 0. The summed E-state index contributed by atoms with van der Waals surface area (Å²) in [6.07, 6.45) is 1.75. The number of thiophene rings is 1. The van der Waals surface area contributed by atoms with Gasteiger partial charge in [-0.25, -0.2) is 14.8 Å². The van der Waals surface area contributed by atoms with Gasteiger partial charge in [-0.2, -0.15) is 0 Å². The highest BCUT2D eigenvalue weighted by atomic mass is 32.1. The van der Waals surface area contributed by atoms with Crippen molar-refractivity contribution in [3.8, 4) is 0 Å². The Morgan fingerprint density at radius 1 is 1.38 bits per heavy atom. The molecule has 2 unspecified atom stereocenters. The van der Waals surface area contributed by atoms with Crippen LogP contribution in [0.5, 0.6) is 0 Å². The molecule has 1 aliphatic rings. The number of hydrogen-bond donors (Lipinski definition) is 1. The zero-order valence-electron chi connectivity index (χ0n) is 12.2. The number of ether oxygens (including phenoxy) is 1. The van der Waals surface area contributed by atoms with Crippen molar-refractivity contribution in [2.24, 2.45) is 0 Å². The van der Waals surface area contributed by atoms with E-state index in [0.717, 1.165) is 34.7 Å². The summed E-state index contributed by atoms with van der Waals surface area (Å²) in [7, 11) is 0. The first-order valence-electron chi connectivity index (χ1n) is 6.85. The molecular formula is C14H17N3O3S. The molecule has 1 N–H and O–H groups in total. The van der Waals surface area contributed by atoms with E-state index in [0.29, 0.717) is 4.88 Å².